The van der Waals surface area contributed by atoms with Gasteiger partial charge >= 0.3 is 5.97 Å². The molecule has 7 rings (SSSR count). The first kappa shape index (κ1) is 25.6. The molecule has 3 aliphatic rings. The number of rotatable bonds is 5. The number of carboxylic acid groups (broad SMARTS) is 1. The molecule has 7 heteroatoms. The number of hydrogen-bond donors (Lipinski definition) is 3. The van der Waals surface area contributed by atoms with Gasteiger partial charge < -0.3 is 16.2 Å². The molecule has 1 aromatic heterocycles. The van der Waals surface area contributed by atoms with Crippen LogP contribution in [0, 0.1) is 12.3 Å². The van der Waals surface area contributed by atoms with Gasteiger partial charge in [0.2, 0.25) is 0 Å². The number of aliphatic carboxylic acids is 1. The van der Waals surface area contributed by atoms with Crippen molar-refractivity contribution >= 4 is 44.4 Å². The van der Waals surface area contributed by atoms with Crippen LogP contribution in [0.4, 0.5) is 5.69 Å². The van der Waals surface area contributed by atoms with Crippen molar-refractivity contribution in [2.45, 2.75) is 50.5 Å². The predicted molar refractivity (Wildman–Crippen MR) is 157 cm³/mol. The maximum absolute atomic E-state index is 14.4. The van der Waals surface area contributed by atoms with Crippen molar-refractivity contribution in [3.63, 3.8) is 0 Å². The van der Waals surface area contributed by atoms with Crippen molar-refractivity contribution in [3.8, 4) is 11.3 Å². The van der Waals surface area contributed by atoms with Gasteiger partial charge in [0.15, 0.2) is 0 Å². The second-order valence-electron chi connectivity index (χ2n) is 11.1. The van der Waals surface area contributed by atoms with Crippen LogP contribution in [0.2, 0.25) is 0 Å². The number of halogens is 1. The third kappa shape index (κ3) is 4.20. The number of carbonyl (C=O) groups is 2. The van der Waals surface area contributed by atoms with Crippen LogP contribution in [0.5, 0.6) is 0 Å². The van der Waals surface area contributed by atoms with Crippen LogP contribution >= 0.6 is 15.9 Å². The Balaban J connectivity index is 1.48. The lowest BCUT2D eigenvalue weighted by Crippen LogP contribution is -2.62. The molecule has 0 aliphatic heterocycles. The molecule has 1 unspecified atom stereocenters. The molecule has 6 nitrogen and oxygen atoms in total. The van der Waals surface area contributed by atoms with Crippen LogP contribution in [0.15, 0.2) is 77.3 Å². The molecule has 4 N–H and O–H groups in total. The van der Waals surface area contributed by atoms with Gasteiger partial charge in [-0.05, 0) is 74.4 Å². The Bertz CT molecular complexity index is 1610. The third-order valence-corrected chi connectivity index (χ3v) is 9.51. The van der Waals surface area contributed by atoms with Crippen molar-refractivity contribution < 1.29 is 14.7 Å². The maximum atomic E-state index is 14.4. The number of nitrogens with zero attached hydrogens (tertiary/aromatic N) is 1. The Kier molecular flexibility index (Phi) is 6.22. The summed E-state index contributed by atoms with van der Waals surface area (Å²) in [6.45, 7) is 1.95. The molecular weight excluding hydrogens is 554 g/mol. The van der Waals surface area contributed by atoms with Gasteiger partial charge in [-0.15, -0.1) is 0 Å². The van der Waals surface area contributed by atoms with Gasteiger partial charge in [0.25, 0.3) is 5.91 Å². The lowest BCUT2D eigenvalue weighted by atomic mass is 9.51. The predicted octanol–water partition coefficient (Wildman–Crippen LogP) is 6.86. The van der Waals surface area contributed by atoms with Crippen LogP contribution in [0.25, 0.3) is 22.2 Å². The zero-order valence-corrected chi connectivity index (χ0v) is 23.3. The molecule has 1 amide bonds. The van der Waals surface area contributed by atoms with Crippen LogP contribution in [0.1, 0.15) is 59.5 Å². The highest BCUT2D eigenvalue weighted by molar-refractivity contribution is 9.10. The van der Waals surface area contributed by atoms with E-state index in [9.17, 15) is 14.7 Å². The number of benzene rings is 3. The summed E-state index contributed by atoms with van der Waals surface area (Å²) < 4.78 is 0.868. The number of carbonyl (C=O) groups excluding carboxylic acids is 1. The Morgan fingerprint density at radius 1 is 1.00 bits per heavy atom. The minimum atomic E-state index is -0.788. The Morgan fingerprint density at radius 3 is 2.38 bits per heavy atom. The van der Waals surface area contributed by atoms with E-state index in [1.165, 1.54) is 0 Å². The zero-order chi connectivity index (χ0) is 27.4. The number of hydrogen-bond acceptors (Lipinski definition) is 4. The smallest absolute Gasteiger partial charge is 0.309 e. The van der Waals surface area contributed by atoms with E-state index in [2.05, 4.69) is 21.2 Å². The van der Waals surface area contributed by atoms with E-state index >= 15 is 0 Å². The van der Waals surface area contributed by atoms with Crippen LogP contribution < -0.4 is 11.1 Å². The number of carboxylic acids is 1. The van der Waals surface area contributed by atoms with E-state index in [1.807, 2.05) is 79.7 Å². The number of fused-ring (bicyclic) bond motifs is 4. The Labute approximate surface area is 235 Å². The molecule has 0 radical (unpaired) electrons. The van der Waals surface area contributed by atoms with Gasteiger partial charge in [-0.1, -0.05) is 64.5 Å². The van der Waals surface area contributed by atoms with E-state index in [0.717, 1.165) is 37.8 Å². The summed E-state index contributed by atoms with van der Waals surface area (Å²) in [5.74, 6) is -1.12. The maximum Gasteiger partial charge on any atom is 0.309 e. The highest BCUT2D eigenvalue weighted by atomic mass is 79.9. The third-order valence-electron chi connectivity index (χ3n) is 9.01. The zero-order valence-electron chi connectivity index (χ0n) is 21.7. The Hall–Kier alpha value is -3.71. The minimum absolute atomic E-state index is 0.167. The van der Waals surface area contributed by atoms with Gasteiger partial charge in [-0.3, -0.25) is 9.59 Å². The topological polar surface area (TPSA) is 105 Å². The average Bonchev–Trinajstić information content (AvgIpc) is 2.94. The van der Waals surface area contributed by atoms with E-state index in [0.29, 0.717) is 43.4 Å². The van der Waals surface area contributed by atoms with Crippen molar-refractivity contribution in [1.29, 1.82) is 0 Å². The lowest BCUT2D eigenvalue weighted by Gasteiger charge is -2.56. The van der Waals surface area contributed by atoms with Gasteiger partial charge in [-0.25, -0.2) is 4.98 Å². The van der Waals surface area contributed by atoms with Gasteiger partial charge in [0.1, 0.15) is 0 Å². The van der Waals surface area contributed by atoms with Gasteiger partial charge in [0, 0.05) is 32.6 Å². The largest absolute Gasteiger partial charge is 0.481 e. The summed E-state index contributed by atoms with van der Waals surface area (Å²) >= 11 is 3.57. The number of amides is 1. The SMILES string of the molecule is Cc1c(-c2ccccc2)nc2ccc(Br)cc2c1C(=O)NC12CCC(C(=O)O)(CC1)CC2c1ccccc1N. The van der Waals surface area contributed by atoms with Gasteiger partial charge in [-0.2, -0.15) is 0 Å². The monoisotopic (exact) mass is 583 g/mol. The molecule has 4 aromatic rings. The van der Waals surface area contributed by atoms with E-state index in [-0.39, 0.29) is 11.8 Å². The van der Waals surface area contributed by atoms with E-state index in [4.69, 9.17) is 10.7 Å². The molecule has 3 saturated carbocycles. The van der Waals surface area contributed by atoms with Crippen LogP contribution in [-0.4, -0.2) is 27.5 Å². The molecule has 39 heavy (non-hydrogen) atoms. The molecule has 0 saturated heterocycles. The first-order chi connectivity index (χ1) is 18.7. The fraction of sp³-hybridized carbons (Fsp3) is 0.281. The molecule has 2 bridgehead atoms. The summed E-state index contributed by atoms with van der Waals surface area (Å²) in [6, 6.07) is 23.3. The second kappa shape index (κ2) is 9.49. The first-order valence-corrected chi connectivity index (χ1v) is 14.1. The fourth-order valence-electron chi connectivity index (χ4n) is 6.85. The number of anilines is 1. The van der Waals surface area contributed by atoms with Crippen LogP contribution in [0.3, 0.4) is 0 Å². The highest BCUT2D eigenvalue weighted by Crippen LogP contribution is 2.59. The average molecular weight is 585 g/mol. The molecule has 3 aromatic carbocycles. The molecule has 1 heterocycles. The molecule has 3 fully saturated rings. The molecule has 0 spiro atoms. The minimum Gasteiger partial charge on any atom is -0.481 e. The number of pyridine rings is 1. The summed E-state index contributed by atoms with van der Waals surface area (Å²) in [5, 5.41) is 14.4. The Morgan fingerprint density at radius 2 is 1.69 bits per heavy atom. The number of nitrogen functional groups attached to an aromatic ring is 1. The molecule has 198 valence electrons. The van der Waals surface area contributed by atoms with Crippen molar-refractivity contribution in [1.82, 2.24) is 10.3 Å². The molecule has 3 aliphatic carbocycles. The normalized spacial score (nSPS) is 24.0. The number of aromatic nitrogens is 1. The van der Waals surface area contributed by atoms with Crippen molar-refractivity contribution in [2.75, 3.05) is 5.73 Å². The summed E-state index contributed by atoms with van der Waals surface area (Å²) in [4.78, 5) is 31.7. The molecular formula is C32H30BrN3O3. The quantitative estimate of drug-likeness (QED) is 0.223. The lowest BCUT2D eigenvalue weighted by molar-refractivity contribution is -0.157. The van der Waals surface area contributed by atoms with Crippen molar-refractivity contribution in [3.05, 3.63) is 94.0 Å². The number of nitrogens with two attached hydrogens (primary N) is 1. The standard InChI is InChI=1S/C32H30BrN3O3/c1-19-27(23-17-21(33)11-12-26(23)35-28(19)20-7-3-2-4-8-20)29(37)36-32-15-13-31(14-16-32,30(38)39)18-24(32)22-9-5-6-10-25(22)34/h2-12,17,24H,13-16,18,34H2,1H3,(H,36,37)(H,38,39). The number of nitrogens with one attached hydrogen (secondary N) is 1. The van der Waals surface area contributed by atoms with E-state index < -0.39 is 16.9 Å². The first-order valence-electron chi connectivity index (χ1n) is 13.3. The van der Waals surface area contributed by atoms with E-state index in [1.54, 1.807) is 0 Å². The summed E-state index contributed by atoms with van der Waals surface area (Å²) in [6.07, 6.45) is 2.68. The summed E-state index contributed by atoms with van der Waals surface area (Å²) in [5.41, 5.74) is 10.5. The van der Waals surface area contributed by atoms with Crippen molar-refractivity contribution in [2.24, 2.45) is 5.41 Å². The highest BCUT2D eigenvalue weighted by Gasteiger charge is 2.59. The fourth-order valence-corrected chi connectivity index (χ4v) is 7.21. The van der Waals surface area contributed by atoms with Gasteiger partial charge in [0.05, 0.1) is 22.2 Å². The summed E-state index contributed by atoms with van der Waals surface area (Å²) in [7, 11) is 0. The second-order valence-corrected chi connectivity index (χ2v) is 12.0. The van der Waals surface area contributed by atoms with Crippen LogP contribution in [-0.2, 0) is 4.79 Å². The number of para-hydroxylation sites is 1. The molecule has 1 atom stereocenters.